The summed E-state index contributed by atoms with van der Waals surface area (Å²) in [6.45, 7) is 2.37. The number of allylic oxidation sites excluding steroid dienone is 3. The van der Waals surface area contributed by atoms with Gasteiger partial charge in [0.2, 0.25) is 0 Å². The number of nitrogens with zero attached hydrogens (tertiary/aromatic N) is 1. The third-order valence-electron chi connectivity index (χ3n) is 4.02. The molecule has 20 heavy (non-hydrogen) atoms. The second-order valence-electron chi connectivity index (χ2n) is 5.09. The van der Waals surface area contributed by atoms with Gasteiger partial charge >= 0.3 is 0 Å². The highest BCUT2D eigenvalue weighted by atomic mass is 16.5. The summed E-state index contributed by atoms with van der Waals surface area (Å²) in [6, 6.07) is 0. The zero-order valence-electron chi connectivity index (χ0n) is 12.6. The molecule has 0 aromatic heterocycles. The maximum Gasteiger partial charge on any atom is 0.254 e. The number of methoxy groups -OCH3 is 3. The molecule has 1 spiro atoms. The summed E-state index contributed by atoms with van der Waals surface area (Å²) < 4.78 is 16.3. The van der Waals surface area contributed by atoms with Crippen LogP contribution in [-0.2, 0) is 19.0 Å². The molecule has 0 saturated carbocycles. The molecule has 1 atom stereocenters. The summed E-state index contributed by atoms with van der Waals surface area (Å²) in [5.41, 5.74) is 0.124. The predicted octanol–water partition coefficient (Wildman–Crippen LogP) is 1.83. The molecule has 1 fully saturated rings. The van der Waals surface area contributed by atoms with Crippen molar-refractivity contribution in [2.24, 2.45) is 5.41 Å². The summed E-state index contributed by atoms with van der Waals surface area (Å²) in [6.07, 6.45) is 4.58. The van der Waals surface area contributed by atoms with E-state index in [9.17, 15) is 4.79 Å². The molecule has 0 unspecified atom stereocenters. The number of likely N-dealkylation sites (tertiary alicyclic amines) is 1. The fourth-order valence-electron chi connectivity index (χ4n) is 3.12. The van der Waals surface area contributed by atoms with Gasteiger partial charge in [0, 0.05) is 13.6 Å². The van der Waals surface area contributed by atoms with E-state index in [0.717, 1.165) is 0 Å². The maximum absolute atomic E-state index is 12.5. The summed E-state index contributed by atoms with van der Waals surface area (Å²) in [5.74, 6) is 1.94. The monoisotopic (exact) mass is 279 g/mol. The van der Waals surface area contributed by atoms with Gasteiger partial charge in [-0.25, -0.2) is 0 Å². The number of amides is 1. The molecule has 1 saturated heterocycles. The van der Waals surface area contributed by atoms with E-state index in [1.54, 1.807) is 33.3 Å². The largest absolute Gasteiger partial charge is 0.501 e. The molecule has 2 aliphatic rings. The Morgan fingerprint density at radius 2 is 2.00 bits per heavy atom. The van der Waals surface area contributed by atoms with Crippen LogP contribution in [0.15, 0.2) is 35.0 Å². The first-order chi connectivity index (χ1) is 9.51. The van der Waals surface area contributed by atoms with Crippen LogP contribution in [0.5, 0.6) is 0 Å². The number of hydrogen-bond donors (Lipinski definition) is 0. The first kappa shape index (κ1) is 14.5. The maximum atomic E-state index is 12.5. The van der Waals surface area contributed by atoms with E-state index in [4.69, 9.17) is 14.2 Å². The molecule has 1 aliphatic heterocycles. The Morgan fingerprint density at radius 1 is 1.30 bits per heavy atom. The average molecular weight is 279 g/mol. The number of carbonyl (C=O) groups is 1. The topological polar surface area (TPSA) is 48.0 Å². The summed E-state index contributed by atoms with van der Waals surface area (Å²) in [4.78, 5) is 14.2. The number of likely N-dealkylation sites (N-methyl/N-ethyl adjacent to an activating group) is 1. The van der Waals surface area contributed by atoms with Crippen molar-refractivity contribution < 1.29 is 19.0 Å². The molecule has 1 amide bonds. The van der Waals surface area contributed by atoms with Crippen LogP contribution in [0.25, 0.3) is 0 Å². The van der Waals surface area contributed by atoms with Gasteiger partial charge in [-0.3, -0.25) is 4.79 Å². The first-order valence-corrected chi connectivity index (χ1v) is 6.52. The van der Waals surface area contributed by atoms with E-state index in [-0.39, 0.29) is 5.91 Å². The molecule has 1 aliphatic carbocycles. The number of carbonyl (C=O) groups excluding carboxylic acids is 1. The lowest BCUT2D eigenvalue weighted by Gasteiger charge is -2.33. The quantitative estimate of drug-likeness (QED) is 0.584. The number of rotatable bonds is 3. The van der Waals surface area contributed by atoms with E-state index in [1.807, 2.05) is 19.1 Å². The summed E-state index contributed by atoms with van der Waals surface area (Å²) >= 11 is 0. The Kier molecular flexibility index (Phi) is 3.79. The lowest BCUT2D eigenvalue weighted by atomic mass is 9.74. The molecular formula is C15H21NO4. The van der Waals surface area contributed by atoms with Crippen molar-refractivity contribution in [3.05, 3.63) is 35.0 Å². The second-order valence-corrected chi connectivity index (χ2v) is 5.09. The minimum absolute atomic E-state index is 0.0235. The van der Waals surface area contributed by atoms with Gasteiger partial charge in [0.15, 0.2) is 11.5 Å². The van der Waals surface area contributed by atoms with E-state index in [1.165, 1.54) is 0 Å². The standard InChI is InChI=1S/C15H21NO4/c1-10(18-3)12-14(17)16(2)9-15(12)8-6-7-11(19-4)13(15)20-5/h6-7H,8-9H2,1-5H3/b12-10+/t15-/m0/s1. The van der Waals surface area contributed by atoms with Crippen LogP contribution in [0.1, 0.15) is 13.3 Å². The van der Waals surface area contributed by atoms with E-state index < -0.39 is 5.41 Å². The predicted molar refractivity (Wildman–Crippen MR) is 74.6 cm³/mol. The zero-order valence-corrected chi connectivity index (χ0v) is 12.6. The van der Waals surface area contributed by atoms with Crippen LogP contribution in [0, 0.1) is 5.41 Å². The van der Waals surface area contributed by atoms with Crippen LogP contribution >= 0.6 is 0 Å². The van der Waals surface area contributed by atoms with Crippen molar-refractivity contribution in [1.82, 2.24) is 4.90 Å². The average Bonchev–Trinajstić information content (AvgIpc) is 2.69. The Morgan fingerprint density at radius 3 is 2.55 bits per heavy atom. The highest BCUT2D eigenvalue weighted by Crippen LogP contribution is 2.50. The van der Waals surface area contributed by atoms with Gasteiger partial charge in [0.05, 0.1) is 32.3 Å². The number of ether oxygens (including phenoxy) is 3. The van der Waals surface area contributed by atoms with Crippen molar-refractivity contribution in [1.29, 1.82) is 0 Å². The van der Waals surface area contributed by atoms with Gasteiger partial charge < -0.3 is 19.1 Å². The second kappa shape index (κ2) is 5.23. The van der Waals surface area contributed by atoms with Crippen molar-refractivity contribution in [3.63, 3.8) is 0 Å². The Balaban J connectivity index is 2.66. The Hall–Kier alpha value is -1.91. The minimum atomic E-state index is -0.527. The third-order valence-corrected chi connectivity index (χ3v) is 4.02. The molecule has 0 aromatic carbocycles. The van der Waals surface area contributed by atoms with Gasteiger partial charge in [-0.15, -0.1) is 0 Å². The van der Waals surface area contributed by atoms with Gasteiger partial charge in [-0.1, -0.05) is 6.08 Å². The van der Waals surface area contributed by atoms with E-state index >= 15 is 0 Å². The SMILES string of the molecule is COC1=C(OC)[C@@]2(CC=C1)CN(C)C(=O)/C2=C(/C)OC. The molecule has 0 radical (unpaired) electrons. The lowest BCUT2D eigenvalue weighted by molar-refractivity contribution is -0.123. The molecule has 110 valence electrons. The number of hydrogen-bond acceptors (Lipinski definition) is 4. The normalized spacial score (nSPS) is 28.2. The van der Waals surface area contributed by atoms with Crippen LogP contribution in [0.4, 0.5) is 0 Å². The molecule has 2 rings (SSSR count). The van der Waals surface area contributed by atoms with E-state index in [2.05, 4.69) is 0 Å². The van der Waals surface area contributed by atoms with Crippen molar-refractivity contribution in [3.8, 4) is 0 Å². The van der Waals surface area contributed by atoms with Crippen molar-refractivity contribution >= 4 is 5.91 Å². The van der Waals surface area contributed by atoms with Crippen LogP contribution < -0.4 is 0 Å². The molecule has 5 heteroatoms. The Bertz CT molecular complexity index is 518. The highest BCUT2D eigenvalue weighted by molar-refractivity contribution is 5.98. The summed E-state index contributed by atoms with van der Waals surface area (Å²) in [7, 11) is 6.58. The minimum Gasteiger partial charge on any atom is -0.501 e. The van der Waals surface area contributed by atoms with Gasteiger partial charge in [-0.2, -0.15) is 0 Å². The zero-order chi connectivity index (χ0) is 14.9. The summed E-state index contributed by atoms with van der Waals surface area (Å²) in [5, 5.41) is 0. The van der Waals surface area contributed by atoms with Crippen LogP contribution in [-0.4, -0.2) is 45.7 Å². The van der Waals surface area contributed by atoms with Crippen LogP contribution in [0.2, 0.25) is 0 Å². The molecule has 5 nitrogen and oxygen atoms in total. The third kappa shape index (κ3) is 1.88. The first-order valence-electron chi connectivity index (χ1n) is 6.52. The van der Waals surface area contributed by atoms with Crippen molar-refractivity contribution in [2.75, 3.05) is 34.9 Å². The lowest BCUT2D eigenvalue weighted by Crippen LogP contribution is -2.32. The van der Waals surface area contributed by atoms with E-state index in [0.29, 0.717) is 35.8 Å². The fraction of sp³-hybridized carbons (Fsp3) is 0.533. The smallest absolute Gasteiger partial charge is 0.254 e. The van der Waals surface area contributed by atoms with Crippen LogP contribution in [0.3, 0.4) is 0 Å². The fourth-order valence-corrected chi connectivity index (χ4v) is 3.12. The highest BCUT2D eigenvalue weighted by Gasteiger charge is 2.53. The van der Waals surface area contributed by atoms with Gasteiger partial charge in [-0.05, 0) is 19.4 Å². The van der Waals surface area contributed by atoms with Crippen molar-refractivity contribution in [2.45, 2.75) is 13.3 Å². The van der Waals surface area contributed by atoms with Gasteiger partial charge in [0.1, 0.15) is 5.76 Å². The molecule has 0 N–H and O–H groups in total. The van der Waals surface area contributed by atoms with Gasteiger partial charge in [0.25, 0.3) is 5.91 Å². The molecule has 1 heterocycles. The molecular weight excluding hydrogens is 258 g/mol. The Labute approximate surface area is 119 Å². The molecule has 0 bridgehead atoms. The molecule has 0 aromatic rings.